The van der Waals surface area contributed by atoms with Gasteiger partial charge in [0, 0.05) is 22.1 Å². The van der Waals surface area contributed by atoms with Crippen molar-refractivity contribution in [3.63, 3.8) is 0 Å². The number of aromatic nitrogens is 3. The zero-order valence-electron chi connectivity index (χ0n) is 9.48. The van der Waals surface area contributed by atoms with Crippen molar-refractivity contribution in [3.05, 3.63) is 45.1 Å². The summed E-state index contributed by atoms with van der Waals surface area (Å²) in [5.41, 5.74) is 1.81. The second-order valence-corrected chi connectivity index (χ2v) is 4.94. The van der Waals surface area contributed by atoms with Crippen molar-refractivity contribution in [1.29, 1.82) is 0 Å². The number of halogens is 2. The Bertz CT molecular complexity index is 506. The third-order valence-electron chi connectivity index (χ3n) is 2.49. The van der Waals surface area contributed by atoms with Gasteiger partial charge in [-0.15, -0.1) is 5.10 Å². The van der Waals surface area contributed by atoms with E-state index in [1.807, 2.05) is 38.5 Å². The van der Waals surface area contributed by atoms with Crippen molar-refractivity contribution >= 4 is 27.5 Å². The summed E-state index contributed by atoms with van der Waals surface area (Å²) in [4.78, 5) is 0. The van der Waals surface area contributed by atoms with E-state index in [1.54, 1.807) is 4.68 Å². The number of nitrogens with one attached hydrogen (secondary N) is 1. The molecule has 0 saturated heterocycles. The smallest absolute Gasteiger partial charge is 0.104 e. The monoisotopic (exact) mass is 314 g/mol. The van der Waals surface area contributed by atoms with Gasteiger partial charge < -0.3 is 5.32 Å². The first-order valence-electron chi connectivity index (χ1n) is 5.11. The molecule has 0 bridgehead atoms. The van der Waals surface area contributed by atoms with E-state index in [1.165, 1.54) is 0 Å². The van der Waals surface area contributed by atoms with Crippen molar-refractivity contribution in [2.75, 3.05) is 7.05 Å². The molecule has 0 aliphatic carbocycles. The minimum atomic E-state index is -0.0771. The van der Waals surface area contributed by atoms with Crippen LogP contribution < -0.4 is 5.32 Å². The molecule has 1 unspecified atom stereocenters. The van der Waals surface area contributed by atoms with Gasteiger partial charge >= 0.3 is 0 Å². The fourth-order valence-corrected chi connectivity index (χ4v) is 2.72. The number of benzene rings is 1. The molecular weight excluding hydrogens is 304 g/mol. The van der Waals surface area contributed by atoms with Gasteiger partial charge in [-0.1, -0.05) is 38.8 Å². The van der Waals surface area contributed by atoms with E-state index in [-0.39, 0.29) is 6.04 Å². The lowest BCUT2D eigenvalue weighted by molar-refractivity contribution is 0.662. The molecule has 17 heavy (non-hydrogen) atoms. The Hall–Kier alpha value is -0.910. The maximum Gasteiger partial charge on any atom is 0.104 e. The summed E-state index contributed by atoms with van der Waals surface area (Å²) in [5.74, 6) is 0. The Morgan fingerprint density at radius 1 is 1.47 bits per heavy atom. The highest BCUT2D eigenvalue weighted by atomic mass is 79.9. The van der Waals surface area contributed by atoms with Crippen LogP contribution in [-0.2, 0) is 7.05 Å². The van der Waals surface area contributed by atoms with E-state index in [4.69, 9.17) is 11.6 Å². The van der Waals surface area contributed by atoms with Crippen molar-refractivity contribution in [1.82, 2.24) is 20.3 Å². The third kappa shape index (κ3) is 2.51. The lowest BCUT2D eigenvalue weighted by Crippen LogP contribution is -2.19. The van der Waals surface area contributed by atoms with Gasteiger partial charge in [0.1, 0.15) is 5.69 Å². The zero-order valence-corrected chi connectivity index (χ0v) is 11.8. The van der Waals surface area contributed by atoms with Gasteiger partial charge in [0.25, 0.3) is 0 Å². The van der Waals surface area contributed by atoms with E-state index in [2.05, 4.69) is 31.6 Å². The van der Waals surface area contributed by atoms with E-state index in [9.17, 15) is 0 Å². The third-order valence-corrected chi connectivity index (χ3v) is 3.51. The highest BCUT2D eigenvalue weighted by Gasteiger charge is 2.20. The second kappa shape index (κ2) is 5.16. The van der Waals surface area contributed by atoms with E-state index in [0.717, 1.165) is 15.7 Å². The summed E-state index contributed by atoms with van der Waals surface area (Å²) in [7, 11) is 3.71. The molecule has 2 rings (SSSR count). The Kier molecular flexibility index (Phi) is 3.81. The Morgan fingerprint density at radius 3 is 2.76 bits per heavy atom. The van der Waals surface area contributed by atoms with Crippen LogP contribution in [0.1, 0.15) is 17.3 Å². The molecule has 0 amide bonds. The quantitative estimate of drug-likeness (QED) is 0.946. The maximum atomic E-state index is 6.23. The summed E-state index contributed by atoms with van der Waals surface area (Å²) in [5, 5.41) is 12.0. The summed E-state index contributed by atoms with van der Waals surface area (Å²) >= 11 is 9.75. The van der Waals surface area contributed by atoms with E-state index < -0.39 is 0 Å². The Morgan fingerprint density at radius 2 is 2.24 bits per heavy atom. The highest BCUT2D eigenvalue weighted by molar-refractivity contribution is 9.10. The Balaban J connectivity index is 2.49. The molecule has 1 N–H and O–H groups in total. The first-order chi connectivity index (χ1) is 8.13. The largest absolute Gasteiger partial charge is 0.308 e. The van der Waals surface area contributed by atoms with Crippen LogP contribution in [0.2, 0.25) is 5.02 Å². The summed E-state index contributed by atoms with van der Waals surface area (Å²) in [6, 6.07) is 5.65. The van der Waals surface area contributed by atoms with E-state index >= 15 is 0 Å². The average Bonchev–Trinajstić information content (AvgIpc) is 2.70. The van der Waals surface area contributed by atoms with Gasteiger partial charge in [-0.3, -0.25) is 4.68 Å². The van der Waals surface area contributed by atoms with Crippen LogP contribution >= 0.6 is 27.5 Å². The van der Waals surface area contributed by atoms with Crippen LogP contribution in [0.5, 0.6) is 0 Å². The van der Waals surface area contributed by atoms with Gasteiger partial charge in [0.2, 0.25) is 0 Å². The summed E-state index contributed by atoms with van der Waals surface area (Å²) < 4.78 is 2.62. The molecule has 2 aromatic rings. The fraction of sp³-hybridized carbons (Fsp3) is 0.273. The number of nitrogens with zero attached hydrogens (tertiary/aromatic N) is 3. The Labute approximate surface area is 113 Å². The van der Waals surface area contributed by atoms with E-state index in [0.29, 0.717) is 5.02 Å². The topological polar surface area (TPSA) is 42.7 Å². The zero-order chi connectivity index (χ0) is 12.4. The van der Waals surface area contributed by atoms with Crippen LogP contribution in [0, 0.1) is 0 Å². The minimum absolute atomic E-state index is 0.0771. The molecule has 6 heteroatoms. The molecule has 0 fully saturated rings. The van der Waals surface area contributed by atoms with Crippen LogP contribution in [-0.4, -0.2) is 22.0 Å². The van der Waals surface area contributed by atoms with Crippen molar-refractivity contribution in [3.8, 4) is 0 Å². The number of hydrogen-bond donors (Lipinski definition) is 1. The predicted molar refractivity (Wildman–Crippen MR) is 71.1 cm³/mol. The number of hydrogen-bond acceptors (Lipinski definition) is 3. The summed E-state index contributed by atoms with van der Waals surface area (Å²) in [6.45, 7) is 0. The minimum Gasteiger partial charge on any atom is -0.308 e. The molecule has 0 radical (unpaired) electrons. The first-order valence-corrected chi connectivity index (χ1v) is 6.28. The molecule has 0 aliphatic rings. The molecule has 4 nitrogen and oxygen atoms in total. The lowest BCUT2D eigenvalue weighted by atomic mass is 10.0. The van der Waals surface area contributed by atoms with Crippen molar-refractivity contribution in [2.45, 2.75) is 6.04 Å². The van der Waals surface area contributed by atoms with Gasteiger partial charge in [0.05, 0.1) is 12.2 Å². The van der Waals surface area contributed by atoms with Crippen LogP contribution in [0.25, 0.3) is 0 Å². The van der Waals surface area contributed by atoms with Crippen LogP contribution in [0.3, 0.4) is 0 Å². The van der Waals surface area contributed by atoms with Gasteiger partial charge in [-0.25, -0.2) is 0 Å². The van der Waals surface area contributed by atoms with Crippen LogP contribution in [0.4, 0.5) is 0 Å². The van der Waals surface area contributed by atoms with Crippen molar-refractivity contribution < 1.29 is 0 Å². The normalized spacial score (nSPS) is 12.7. The number of rotatable bonds is 3. The average molecular weight is 316 g/mol. The number of aryl methyl sites for hydroxylation is 1. The first kappa shape index (κ1) is 12.5. The lowest BCUT2D eigenvalue weighted by Gasteiger charge is -2.16. The fourth-order valence-electron chi connectivity index (χ4n) is 1.72. The SMILES string of the molecule is CNC(c1cn(C)nn1)c1c(Cl)cccc1Br. The highest BCUT2D eigenvalue weighted by Crippen LogP contribution is 2.33. The molecule has 1 atom stereocenters. The molecule has 1 aromatic carbocycles. The van der Waals surface area contributed by atoms with Crippen molar-refractivity contribution in [2.24, 2.45) is 7.05 Å². The van der Waals surface area contributed by atoms with Crippen LogP contribution in [0.15, 0.2) is 28.9 Å². The van der Waals surface area contributed by atoms with Gasteiger partial charge in [-0.2, -0.15) is 0 Å². The summed E-state index contributed by atoms with van der Waals surface area (Å²) in [6.07, 6.45) is 1.87. The standard InChI is InChI=1S/C11H12BrClN4/c1-14-11(9-6-17(2)16-15-9)10-7(12)4-3-5-8(10)13/h3-6,11,14H,1-2H3. The molecule has 1 aromatic heterocycles. The maximum absolute atomic E-state index is 6.23. The predicted octanol–water partition coefficient (Wildman–Crippen LogP) is 2.54. The molecule has 0 saturated carbocycles. The van der Waals surface area contributed by atoms with Gasteiger partial charge in [-0.05, 0) is 19.2 Å². The molecule has 90 valence electrons. The molecule has 0 spiro atoms. The van der Waals surface area contributed by atoms with Gasteiger partial charge in [0.15, 0.2) is 0 Å². The molecular formula is C11H12BrClN4. The molecule has 0 aliphatic heterocycles. The molecule has 1 heterocycles. The second-order valence-electron chi connectivity index (χ2n) is 3.67.